The minimum Gasteiger partial charge on any atom is -0.207 e. The molecule has 0 amide bonds. The molecular formula is C26H37F. The lowest BCUT2D eigenvalue weighted by molar-refractivity contribution is 0.162. The largest absolute Gasteiger partial charge is 0.207 e. The molecule has 0 spiro atoms. The fourth-order valence-corrected chi connectivity index (χ4v) is 5.07. The molecule has 2 saturated carbocycles. The quantitative estimate of drug-likeness (QED) is 0.372. The van der Waals surface area contributed by atoms with Crippen LogP contribution in [0.5, 0.6) is 0 Å². The van der Waals surface area contributed by atoms with E-state index < -0.39 is 0 Å². The van der Waals surface area contributed by atoms with Crippen molar-refractivity contribution in [3.05, 3.63) is 35.1 Å². The monoisotopic (exact) mass is 368 g/mol. The van der Waals surface area contributed by atoms with Crippen LogP contribution in [0.3, 0.4) is 0 Å². The lowest BCUT2D eigenvalue weighted by atomic mass is 9.69. The smallest absolute Gasteiger partial charge is 0.127 e. The molecule has 0 saturated heterocycles. The number of aryl methyl sites for hydroxylation is 1. The minimum atomic E-state index is -0.0758. The summed E-state index contributed by atoms with van der Waals surface area (Å²) in [6.45, 7) is 4.58. The summed E-state index contributed by atoms with van der Waals surface area (Å²) in [6.07, 6.45) is 15.2. The first-order valence-electron chi connectivity index (χ1n) is 11.5. The van der Waals surface area contributed by atoms with E-state index in [1.54, 1.807) is 6.07 Å². The number of hydrogen-bond donors (Lipinski definition) is 0. The van der Waals surface area contributed by atoms with Crippen LogP contribution >= 0.6 is 0 Å². The van der Waals surface area contributed by atoms with Gasteiger partial charge >= 0.3 is 0 Å². The Morgan fingerprint density at radius 3 is 2.22 bits per heavy atom. The second-order valence-corrected chi connectivity index (χ2v) is 9.16. The molecule has 0 aromatic heterocycles. The summed E-state index contributed by atoms with van der Waals surface area (Å²) in [6, 6.07) is 5.59. The van der Waals surface area contributed by atoms with Crippen LogP contribution in [0.4, 0.5) is 4.39 Å². The van der Waals surface area contributed by atoms with Crippen LogP contribution in [-0.4, -0.2) is 0 Å². The molecule has 2 aliphatic rings. The molecular weight excluding hydrogens is 331 g/mol. The van der Waals surface area contributed by atoms with Gasteiger partial charge < -0.3 is 0 Å². The normalized spacial score (nSPS) is 28.4. The summed E-state index contributed by atoms with van der Waals surface area (Å²) in [5.74, 6) is 10.0. The highest BCUT2D eigenvalue weighted by atomic mass is 19.1. The van der Waals surface area contributed by atoms with Gasteiger partial charge in [0.15, 0.2) is 0 Å². The van der Waals surface area contributed by atoms with Crippen molar-refractivity contribution in [1.29, 1.82) is 0 Å². The van der Waals surface area contributed by atoms with E-state index >= 15 is 0 Å². The first-order chi connectivity index (χ1) is 13.2. The summed E-state index contributed by atoms with van der Waals surface area (Å²) < 4.78 is 14.3. The first-order valence-corrected chi connectivity index (χ1v) is 11.5. The van der Waals surface area contributed by atoms with Gasteiger partial charge in [-0.2, -0.15) is 0 Å². The van der Waals surface area contributed by atoms with Crippen molar-refractivity contribution in [3.63, 3.8) is 0 Å². The summed E-state index contributed by atoms with van der Waals surface area (Å²) in [4.78, 5) is 0. The van der Waals surface area contributed by atoms with Crippen LogP contribution in [0, 0.1) is 41.3 Å². The predicted octanol–water partition coefficient (Wildman–Crippen LogP) is 7.54. The Bertz CT molecular complexity index is 634. The van der Waals surface area contributed by atoms with Crippen LogP contribution in [0.2, 0.25) is 0 Å². The summed E-state index contributed by atoms with van der Waals surface area (Å²) >= 11 is 0. The van der Waals surface area contributed by atoms with Gasteiger partial charge in [0, 0.05) is 11.5 Å². The van der Waals surface area contributed by atoms with Gasteiger partial charge in [-0.15, -0.1) is 0 Å². The summed E-state index contributed by atoms with van der Waals surface area (Å²) in [7, 11) is 0. The molecule has 27 heavy (non-hydrogen) atoms. The molecule has 2 aliphatic carbocycles. The maximum atomic E-state index is 14.3. The Morgan fingerprint density at radius 1 is 0.926 bits per heavy atom. The Hall–Kier alpha value is -1.29. The molecule has 0 radical (unpaired) electrons. The van der Waals surface area contributed by atoms with E-state index in [-0.39, 0.29) is 5.82 Å². The zero-order valence-corrected chi connectivity index (χ0v) is 17.4. The summed E-state index contributed by atoms with van der Waals surface area (Å²) in [5.41, 5.74) is 1.69. The van der Waals surface area contributed by atoms with E-state index in [4.69, 9.17) is 0 Å². The molecule has 0 nitrogen and oxygen atoms in total. The zero-order chi connectivity index (χ0) is 19.1. The van der Waals surface area contributed by atoms with Crippen molar-refractivity contribution in [2.75, 3.05) is 0 Å². The van der Waals surface area contributed by atoms with Crippen LogP contribution in [0.1, 0.15) is 95.6 Å². The van der Waals surface area contributed by atoms with Gasteiger partial charge in [-0.05, 0) is 86.8 Å². The fourth-order valence-electron chi connectivity index (χ4n) is 5.07. The molecule has 0 atom stereocenters. The van der Waals surface area contributed by atoms with E-state index in [2.05, 4.69) is 25.7 Å². The number of halogens is 1. The van der Waals surface area contributed by atoms with Gasteiger partial charge in [-0.1, -0.05) is 57.4 Å². The third-order valence-electron chi connectivity index (χ3n) is 7.02. The van der Waals surface area contributed by atoms with Crippen LogP contribution in [0.25, 0.3) is 0 Å². The van der Waals surface area contributed by atoms with Gasteiger partial charge in [0.25, 0.3) is 0 Å². The Labute approximate surface area is 166 Å². The number of rotatable bonds is 5. The van der Waals surface area contributed by atoms with Gasteiger partial charge in [-0.25, -0.2) is 4.39 Å². The average Bonchev–Trinajstić information content (AvgIpc) is 2.69. The molecule has 2 fully saturated rings. The molecule has 3 rings (SSSR count). The molecule has 1 aromatic carbocycles. The average molecular weight is 369 g/mol. The Balaban J connectivity index is 1.48. The lowest BCUT2D eigenvalue weighted by Crippen LogP contribution is -2.24. The van der Waals surface area contributed by atoms with Crippen LogP contribution in [0.15, 0.2) is 18.2 Å². The van der Waals surface area contributed by atoms with Crippen molar-refractivity contribution in [2.24, 2.45) is 23.7 Å². The minimum absolute atomic E-state index is 0.0758. The molecule has 0 N–H and O–H groups in total. The Morgan fingerprint density at radius 2 is 1.59 bits per heavy atom. The predicted molar refractivity (Wildman–Crippen MR) is 113 cm³/mol. The number of hydrogen-bond acceptors (Lipinski definition) is 0. The fraction of sp³-hybridized carbons (Fsp3) is 0.692. The van der Waals surface area contributed by atoms with Crippen molar-refractivity contribution < 1.29 is 4.39 Å². The molecule has 148 valence electrons. The second-order valence-electron chi connectivity index (χ2n) is 9.16. The molecule has 0 bridgehead atoms. The highest BCUT2D eigenvalue weighted by Crippen LogP contribution is 2.41. The van der Waals surface area contributed by atoms with Gasteiger partial charge in [-0.3, -0.25) is 0 Å². The van der Waals surface area contributed by atoms with E-state index in [1.165, 1.54) is 64.2 Å². The molecule has 0 unspecified atom stereocenters. The van der Waals surface area contributed by atoms with Crippen LogP contribution < -0.4 is 0 Å². The maximum Gasteiger partial charge on any atom is 0.127 e. The van der Waals surface area contributed by atoms with Gasteiger partial charge in [0.05, 0.1) is 0 Å². The molecule has 0 heterocycles. The standard InChI is InChI=1S/C26H37F/c1-3-4-5-6-25-18-13-22(19-26(25)27)10-9-21-11-16-24(17-12-21)23-14-7-20(2)8-15-23/h13,18-21,23-24H,3-8,11-12,14-17H2,1-2H3/t20-,21?,23-,24?. The highest BCUT2D eigenvalue weighted by Gasteiger charge is 2.29. The lowest BCUT2D eigenvalue weighted by Gasteiger charge is -2.36. The summed E-state index contributed by atoms with van der Waals surface area (Å²) in [5, 5.41) is 0. The molecule has 0 aliphatic heterocycles. The Kier molecular flexibility index (Phi) is 7.81. The van der Waals surface area contributed by atoms with E-state index in [0.717, 1.165) is 41.7 Å². The van der Waals surface area contributed by atoms with Gasteiger partial charge in [0.1, 0.15) is 5.82 Å². The second kappa shape index (κ2) is 10.3. The topological polar surface area (TPSA) is 0 Å². The van der Waals surface area contributed by atoms with E-state index in [1.807, 2.05) is 12.1 Å². The highest BCUT2D eigenvalue weighted by molar-refractivity contribution is 5.37. The van der Waals surface area contributed by atoms with E-state index in [9.17, 15) is 4.39 Å². The van der Waals surface area contributed by atoms with Gasteiger partial charge in [0.2, 0.25) is 0 Å². The maximum absolute atomic E-state index is 14.3. The molecule has 1 aromatic rings. The van der Waals surface area contributed by atoms with Crippen molar-refractivity contribution in [3.8, 4) is 11.8 Å². The van der Waals surface area contributed by atoms with Crippen molar-refractivity contribution in [1.82, 2.24) is 0 Å². The number of unbranched alkanes of at least 4 members (excludes halogenated alkanes) is 2. The SMILES string of the molecule is CCCCCc1ccc(C#CC2CCC([C@H]3CC[C@H](C)CC3)CC2)cc1F. The first kappa shape index (κ1) is 20.4. The number of benzene rings is 1. The van der Waals surface area contributed by atoms with Crippen LogP contribution in [-0.2, 0) is 6.42 Å². The van der Waals surface area contributed by atoms with E-state index in [0.29, 0.717) is 5.92 Å². The van der Waals surface area contributed by atoms with Crippen molar-refractivity contribution >= 4 is 0 Å². The third-order valence-corrected chi connectivity index (χ3v) is 7.02. The van der Waals surface area contributed by atoms with Crippen molar-refractivity contribution in [2.45, 2.75) is 90.9 Å². The zero-order valence-electron chi connectivity index (χ0n) is 17.4. The third kappa shape index (κ3) is 6.10. The molecule has 1 heteroatoms.